The van der Waals surface area contributed by atoms with Crippen molar-refractivity contribution in [1.82, 2.24) is 0 Å². The van der Waals surface area contributed by atoms with Gasteiger partial charge in [0.05, 0.1) is 8.41 Å². The van der Waals surface area contributed by atoms with E-state index in [1.54, 1.807) is 0 Å². The standard InChI is InChI=1S/C4H5F2NO3.BH3/c1-9-7-3(2-5)4(8)10-6;/h2H2,1H3;1H3. The molecule has 0 fully saturated rings. The molecule has 0 atom stereocenters. The van der Waals surface area contributed by atoms with Gasteiger partial charge in [-0.05, 0) is 0 Å². The second-order valence-electron chi connectivity index (χ2n) is 1.22. The molecule has 0 aromatic rings. The number of hydrogen-bond acceptors (Lipinski definition) is 4. The van der Waals surface area contributed by atoms with Crippen molar-refractivity contribution in [3.8, 4) is 0 Å². The van der Waals surface area contributed by atoms with Gasteiger partial charge >= 0.3 is 5.97 Å². The Bertz CT molecular complexity index is 152. The van der Waals surface area contributed by atoms with Crippen LogP contribution in [-0.4, -0.2) is 33.9 Å². The third-order valence-corrected chi connectivity index (χ3v) is 0.634. The highest BCUT2D eigenvalue weighted by atomic mass is 19.3. The SMILES string of the molecule is B.CON=C(CF)C(=O)OF. The zero-order valence-corrected chi connectivity index (χ0v) is 5.13. The molecule has 4 nitrogen and oxygen atoms in total. The number of hydrogen-bond donors (Lipinski definition) is 0. The van der Waals surface area contributed by atoms with E-state index in [9.17, 15) is 13.7 Å². The van der Waals surface area contributed by atoms with E-state index in [1.165, 1.54) is 0 Å². The van der Waals surface area contributed by atoms with Crippen molar-refractivity contribution in [2.45, 2.75) is 0 Å². The normalized spacial score (nSPS) is 9.91. The molecule has 0 unspecified atom stereocenters. The van der Waals surface area contributed by atoms with Crippen molar-refractivity contribution in [2.75, 3.05) is 13.8 Å². The summed E-state index contributed by atoms with van der Waals surface area (Å²) in [6.07, 6.45) is 0. The number of rotatable bonds is 3. The zero-order valence-electron chi connectivity index (χ0n) is 5.13. The number of nitrogens with zero attached hydrogens (tertiary/aromatic N) is 1. The zero-order chi connectivity index (χ0) is 7.98. The highest BCUT2D eigenvalue weighted by Crippen LogP contribution is 1.87. The van der Waals surface area contributed by atoms with Gasteiger partial charge in [0, 0.05) is 4.53 Å². The largest absolute Gasteiger partial charge is 0.399 e. The Balaban J connectivity index is 0. The molecule has 0 aromatic heterocycles. The first-order valence-electron chi connectivity index (χ1n) is 2.25. The van der Waals surface area contributed by atoms with Crippen molar-refractivity contribution in [2.24, 2.45) is 5.16 Å². The Labute approximate surface area is 63.6 Å². The molecule has 7 heteroatoms. The van der Waals surface area contributed by atoms with Crippen molar-refractivity contribution in [1.29, 1.82) is 0 Å². The molecule has 0 radical (unpaired) electrons. The maximum atomic E-state index is 11.6. The summed E-state index contributed by atoms with van der Waals surface area (Å²) in [6, 6.07) is 0. The monoisotopic (exact) mass is 167 g/mol. The van der Waals surface area contributed by atoms with Gasteiger partial charge in [-0.3, -0.25) is 0 Å². The molecule has 11 heavy (non-hydrogen) atoms. The number of halogens is 2. The lowest BCUT2D eigenvalue weighted by Gasteiger charge is -1.92. The fourth-order valence-electron chi connectivity index (χ4n) is 0.271. The summed E-state index contributed by atoms with van der Waals surface area (Å²) in [7, 11) is 1.10. The van der Waals surface area contributed by atoms with Gasteiger partial charge in [-0.15, -0.1) is 0 Å². The maximum Gasteiger partial charge on any atom is 0.399 e. The molecule has 0 aromatic carbocycles. The number of alkyl halides is 1. The lowest BCUT2D eigenvalue weighted by atomic mass is 10.4. The van der Waals surface area contributed by atoms with E-state index >= 15 is 0 Å². The summed E-state index contributed by atoms with van der Waals surface area (Å²) < 4.78 is 22.6. The minimum Gasteiger partial charge on any atom is -0.399 e. The molecule has 0 aliphatic rings. The van der Waals surface area contributed by atoms with Gasteiger partial charge in [0.2, 0.25) is 0 Å². The van der Waals surface area contributed by atoms with Crippen LogP contribution in [0, 0.1) is 0 Å². The predicted molar refractivity (Wildman–Crippen MR) is 37.6 cm³/mol. The van der Waals surface area contributed by atoms with E-state index < -0.39 is 18.4 Å². The fourth-order valence-corrected chi connectivity index (χ4v) is 0.271. The molecule has 0 saturated heterocycles. The Kier molecular flexibility index (Phi) is 7.95. The molecular formula is C4H8BF2NO3. The van der Waals surface area contributed by atoms with Crippen LogP contribution in [-0.2, 0) is 14.6 Å². The molecule has 0 heterocycles. The average molecular weight is 167 g/mol. The predicted octanol–water partition coefficient (Wildman–Crippen LogP) is -0.798. The van der Waals surface area contributed by atoms with Crippen molar-refractivity contribution in [3.05, 3.63) is 0 Å². The first-order chi connectivity index (χ1) is 4.76. The first kappa shape index (κ1) is 12.5. The summed E-state index contributed by atoms with van der Waals surface area (Å²) in [5.41, 5.74) is -0.745. The van der Waals surface area contributed by atoms with Crippen LogP contribution in [0.5, 0.6) is 0 Å². The van der Waals surface area contributed by atoms with Crippen molar-refractivity contribution in [3.63, 3.8) is 0 Å². The molecule has 0 N–H and O–H groups in total. The number of carbonyl (C=O) groups excluding carboxylic acids is 1. The highest BCUT2D eigenvalue weighted by molar-refractivity contribution is 6.36. The molecule has 64 valence electrons. The molecule has 0 rings (SSSR count). The maximum absolute atomic E-state index is 11.6. The summed E-state index contributed by atoms with van der Waals surface area (Å²) in [6.45, 7) is -1.23. The first-order valence-corrected chi connectivity index (χ1v) is 2.25. The van der Waals surface area contributed by atoms with E-state index in [0.29, 0.717) is 0 Å². The minimum atomic E-state index is -1.48. The van der Waals surface area contributed by atoms with Crippen LogP contribution in [0.2, 0.25) is 0 Å². The molecule has 0 spiro atoms. The fraction of sp³-hybridized carbons (Fsp3) is 0.500. The van der Waals surface area contributed by atoms with Gasteiger partial charge in [-0.1, -0.05) is 5.16 Å². The van der Waals surface area contributed by atoms with Crippen molar-refractivity contribution >= 4 is 20.1 Å². The van der Waals surface area contributed by atoms with Crippen LogP contribution >= 0.6 is 0 Å². The third kappa shape index (κ3) is 4.29. The van der Waals surface area contributed by atoms with Crippen LogP contribution in [0.1, 0.15) is 0 Å². The Morgan fingerprint density at radius 2 is 2.18 bits per heavy atom. The molecule has 0 aliphatic heterocycles. The summed E-state index contributed by atoms with van der Waals surface area (Å²) in [5, 5.41) is 2.84. The van der Waals surface area contributed by atoms with E-state index in [4.69, 9.17) is 0 Å². The van der Waals surface area contributed by atoms with Crippen LogP contribution in [0.15, 0.2) is 5.16 Å². The van der Waals surface area contributed by atoms with Crippen molar-refractivity contribution < 1.29 is 23.5 Å². The van der Waals surface area contributed by atoms with E-state index in [2.05, 4.69) is 14.9 Å². The van der Waals surface area contributed by atoms with Gasteiger partial charge in [0.15, 0.2) is 5.71 Å². The van der Waals surface area contributed by atoms with Gasteiger partial charge in [-0.25, -0.2) is 14.1 Å². The number of oxime groups is 1. The topological polar surface area (TPSA) is 47.9 Å². The Morgan fingerprint density at radius 3 is 2.45 bits per heavy atom. The quantitative estimate of drug-likeness (QED) is 0.314. The van der Waals surface area contributed by atoms with Crippen LogP contribution < -0.4 is 0 Å². The molecule has 0 aliphatic carbocycles. The van der Waals surface area contributed by atoms with E-state index in [0.717, 1.165) is 7.11 Å². The summed E-state index contributed by atoms with van der Waals surface area (Å²) in [4.78, 5) is 16.7. The van der Waals surface area contributed by atoms with Crippen LogP contribution in [0.3, 0.4) is 0 Å². The average Bonchev–Trinajstić information content (AvgIpc) is 1.99. The van der Waals surface area contributed by atoms with Gasteiger partial charge < -0.3 is 4.84 Å². The molecule has 0 bridgehead atoms. The molecule has 0 saturated carbocycles. The Morgan fingerprint density at radius 1 is 1.64 bits per heavy atom. The molecule has 0 amide bonds. The molecular weight excluding hydrogens is 159 g/mol. The van der Waals surface area contributed by atoms with Crippen LogP contribution in [0.25, 0.3) is 0 Å². The minimum absolute atomic E-state index is 0. The van der Waals surface area contributed by atoms with E-state index in [1.807, 2.05) is 0 Å². The van der Waals surface area contributed by atoms with E-state index in [-0.39, 0.29) is 8.41 Å². The highest BCUT2D eigenvalue weighted by Gasteiger charge is 2.13. The lowest BCUT2D eigenvalue weighted by Crippen LogP contribution is -2.16. The lowest BCUT2D eigenvalue weighted by molar-refractivity contribution is -0.174. The number of carbonyl (C=O) groups is 1. The summed E-state index contributed by atoms with van der Waals surface area (Å²) in [5.74, 6) is -1.48. The second-order valence-corrected chi connectivity index (χ2v) is 1.22. The summed E-state index contributed by atoms with van der Waals surface area (Å²) >= 11 is 0. The van der Waals surface area contributed by atoms with Gasteiger partial charge in [0.1, 0.15) is 13.8 Å². The van der Waals surface area contributed by atoms with Gasteiger partial charge in [-0.2, -0.15) is 0 Å². The smallest absolute Gasteiger partial charge is 0.399 e. The van der Waals surface area contributed by atoms with Crippen LogP contribution in [0.4, 0.5) is 8.92 Å². The second kappa shape index (κ2) is 6.98. The van der Waals surface area contributed by atoms with Gasteiger partial charge in [0.25, 0.3) is 0 Å². The Hall–Kier alpha value is -1.14. The third-order valence-electron chi connectivity index (χ3n) is 0.634.